The van der Waals surface area contributed by atoms with Crippen molar-refractivity contribution in [2.24, 2.45) is 5.10 Å². The normalized spacial score (nSPS) is 11.6. The molecule has 2 aromatic heterocycles. The van der Waals surface area contributed by atoms with Crippen LogP contribution in [0.4, 0.5) is 5.13 Å². The molecule has 0 aliphatic rings. The van der Waals surface area contributed by atoms with Crippen LogP contribution in [-0.2, 0) is 6.54 Å². The molecule has 0 amide bonds. The Morgan fingerprint density at radius 3 is 2.39 bits per heavy atom. The number of thiazole rings is 1. The Bertz CT molecular complexity index is 1070. The third-order valence-electron chi connectivity index (χ3n) is 4.55. The van der Waals surface area contributed by atoms with Crippen LogP contribution >= 0.6 is 11.3 Å². The van der Waals surface area contributed by atoms with Crippen molar-refractivity contribution in [1.29, 1.82) is 0 Å². The number of aromatic nitrogens is 1. The van der Waals surface area contributed by atoms with E-state index in [1.54, 1.807) is 17.6 Å². The first kappa shape index (κ1) is 18.2. The van der Waals surface area contributed by atoms with Gasteiger partial charge in [-0.3, -0.25) is 0 Å². The summed E-state index contributed by atoms with van der Waals surface area (Å²) in [5, 5.41) is 5.60. The molecule has 0 unspecified atom stereocenters. The molecule has 4 aromatic rings. The van der Waals surface area contributed by atoms with E-state index in [2.05, 4.69) is 58.4 Å². The molecule has 0 aliphatic carbocycles. The van der Waals surface area contributed by atoms with Gasteiger partial charge in [0.25, 0.3) is 0 Å². The maximum atomic E-state index is 5.61. The summed E-state index contributed by atoms with van der Waals surface area (Å²) < 4.78 is 7.84. The van der Waals surface area contributed by atoms with Gasteiger partial charge in [0.15, 0.2) is 0 Å². The smallest absolute Gasteiger partial charge is 0.360 e. The molecule has 2 heterocycles. The minimum Gasteiger partial charge on any atom is -0.465 e. The summed E-state index contributed by atoms with van der Waals surface area (Å²) in [4.78, 5) is 1.23. The lowest BCUT2D eigenvalue weighted by Crippen LogP contribution is -2.37. The van der Waals surface area contributed by atoms with Crippen LogP contribution in [0.1, 0.15) is 23.1 Å². The van der Waals surface area contributed by atoms with Crippen LogP contribution in [0.25, 0.3) is 11.3 Å². The van der Waals surface area contributed by atoms with Crippen molar-refractivity contribution in [3.8, 4) is 11.3 Å². The van der Waals surface area contributed by atoms with Gasteiger partial charge in [0, 0.05) is 5.56 Å². The fraction of sp³-hybridized carbons (Fsp3) is 0.130. The van der Waals surface area contributed by atoms with Gasteiger partial charge in [-0.05, 0) is 42.9 Å². The minimum absolute atomic E-state index is 0.643. The highest BCUT2D eigenvalue weighted by molar-refractivity contribution is 7.15. The Morgan fingerprint density at radius 2 is 1.71 bits per heavy atom. The van der Waals surface area contributed by atoms with Crippen LogP contribution in [-0.4, -0.2) is 5.71 Å². The SMILES string of the molecule is CC(=NNc1sc(C)c(-c2ccccc2)[n+]1Cc1ccco1)c1ccccc1. The average Bonchev–Trinajstić information content (AvgIpc) is 3.35. The van der Waals surface area contributed by atoms with E-state index in [0.29, 0.717) is 6.54 Å². The highest BCUT2D eigenvalue weighted by atomic mass is 32.1. The van der Waals surface area contributed by atoms with Crippen molar-refractivity contribution >= 4 is 22.2 Å². The second-order valence-corrected chi connectivity index (χ2v) is 7.72. The molecule has 0 aliphatic heterocycles. The van der Waals surface area contributed by atoms with Gasteiger partial charge in [0.2, 0.25) is 0 Å². The fourth-order valence-electron chi connectivity index (χ4n) is 3.16. The monoisotopic (exact) mass is 388 g/mol. The van der Waals surface area contributed by atoms with Crippen molar-refractivity contribution < 1.29 is 8.98 Å². The Kier molecular flexibility index (Phi) is 5.35. The Labute approximate surface area is 168 Å². The number of rotatable bonds is 6. The number of anilines is 1. The first-order valence-corrected chi connectivity index (χ1v) is 10.0. The predicted octanol–water partition coefficient (Wildman–Crippen LogP) is 5.49. The molecule has 0 spiro atoms. The number of hydrogen-bond acceptors (Lipinski definition) is 4. The third-order valence-corrected chi connectivity index (χ3v) is 5.55. The quantitative estimate of drug-likeness (QED) is 0.270. The van der Waals surface area contributed by atoms with E-state index in [9.17, 15) is 0 Å². The topological polar surface area (TPSA) is 41.4 Å². The summed E-state index contributed by atoms with van der Waals surface area (Å²) in [7, 11) is 0. The lowest BCUT2D eigenvalue weighted by atomic mass is 10.1. The number of benzene rings is 2. The number of nitrogens with one attached hydrogen (secondary N) is 1. The summed E-state index contributed by atoms with van der Waals surface area (Å²) in [6, 6.07) is 24.5. The van der Waals surface area contributed by atoms with Crippen molar-refractivity contribution in [1.82, 2.24) is 0 Å². The number of hydrazone groups is 1. The highest BCUT2D eigenvalue weighted by Crippen LogP contribution is 2.29. The maximum absolute atomic E-state index is 5.61. The van der Waals surface area contributed by atoms with Gasteiger partial charge in [-0.25, -0.2) is 4.57 Å². The predicted molar refractivity (Wildman–Crippen MR) is 115 cm³/mol. The van der Waals surface area contributed by atoms with E-state index < -0.39 is 0 Å². The van der Waals surface area contributed by atoms with Crippen LogP contribution < -0.4 is 9.99 Å². The molecule has 0 saturated carbocycles. The van der Waals surface area contributed by atoms with E-state index in [0.717, 1.165) is 22.2 Å². The molecule has 140 valence electrons. The zero-order chi connectivity index (χ0) is 19.3. The Balaban J connectivity index is 1.72. The highest BCUT2D eigenvalue weighted by Gasteiger charge is 2.24. The largest absolute Gasteiger partial charge is 0.465 e. The van der Waals surface area contributed by atoms with Gasteiger partial charge >= 0.3 is 5.13 Å². The van der Waals surface area contributed by atoms with Gasteiger partial charge in [0.1, 0.15) is 18.0 Å². The lowest BCUT2D eigenvalue weighted by molar-refractivity contribution is -0.661. The second-order valence-electron chi connectivity index (χ2n) is 6.52. The van der Waals surface area contributed by atoms with Crippen molar-refractivity contribution in [2.45, 2.75) is 20.4 Å². The molecule has 28 heavy (non-hydrogen) atoms. The molecule has 2 aromatic carbocycles. The molecule has 4 nitrogen and oxygen atoms in total. The molecule has 0 bridgehead atoms. The van der Waals surface area contributed by atoms with Crippen LogP contribution in [0.5, 0.6) is 0 Å². The number of hydrogen-bond donors (Lipinski definition) is 1. The van der Waals surface area contributed by atoms with Crippen LogP contribution in [0.15, 0.2) is 88.6 Å². The van der Waals surface area contributed by atoms with E-state index >= 15 is 0 Å². The zero-order valence-corrected chi connectivity index (χ0v) is 16.7. The van der Waals surface area contributed by atoms with E-state index in [1.807, 2.05) is 43.3 Å². The Hall–Kier alpha value is -3.18. The van der Waals surface area contributed by atoms with E-state index in [1.165, 1.54) is 16.1 Å². The summed E-state index contributed by atoms with van der Waals surface area (Å²) in [5.74, 6) is 0.909. The number of aryl methyl sites for hydroxylation is 1. The average molecular weight is 389 g/mol. The molecule has 0 radical (unpaired) electrons. The van der Waals surface area contributed by atoms with Crippen molar-refractivity contribution in [3.05, 3.63) is 95.3 Å². The molecule has 0 atom stereocenters. The zero-order valence-electron chi connectivity index (χ0n) is 15.9. The van der Waals surface area contributed by atoms with Gasteiger partial charge in [-0.15, -0.1) is 5.43 Å². The molecule has 5 heteroatoms. The summed E-state index contributed by atoms with van der Waals surface area (Å²) in [6.07, 6.45) is 1.71. The first-order valence-electron chi connectivity index (χ1n) is 9.19. The standard InChI is InChI=1S/C23H21N3OS/c1-17(19-10-5-3-6-11-19)24-25-23-26(16-21-14-9-15-27-21)22(18(2)28-23)20-12-7-4-8-13-20/h3-15H,16H2,1-2H3/p+1. The fourth-order valence-corrected chi connectivity index (χ4v) is 4.14. The maximum Gasteiger partial charge on any atom is 0.360 e. The Morgan fingerprint density at radius 1 is 1.00 bits per heavy atom. The molecule has 0 fully saturated rings. The summed E-state index contributed by atoms with van der Waals surface area (Å²) in [6.45, 7) is 4.80. The van der Waals surface area contributed by atoms with Crippen LogP contribution in [0, 0.1) is 6.92 Å². The van der Waals surface area contributed by atoms with Crippen molar-refractivity contribution in [3.63, 3.8) is 0 Å². The van der Waals surface area contributed by atoms with E-state index in [4.69, 9.17) is 4.42 Å². The number of furan rings is 1. The molecular formula is C23H22N3OS+. The van der Waals surface area contributed by atoms with Gasteiger partial charge in [0.05, 0.1) is 16.9 Å². The number of nitrogens with zero attached hydrogens (tertiary/aromatic N) is 2. The first-order chi connectivity index (χ1) is 13.7. The van der Waals surface area contributed by atoms with Crippen LogP contribution in [0.2, 0.25) is 0 Å². The van der Waals surface area contributed by atoms with Gasteiger partial charge in [-0.1, -0.05) is 65.8 Å². The van der Waals surface area contributed by atoms with Gasteiger partial charge in [-0.2, -0.15) is 0 Å². The molecule has 4 rings (SSSR count). The second kappa shape index (κ2) is 8.23. The van der Waals surface area contributed by atoms with E-state index in [-0.39, 0.29) is 0 Å². The summed E-state index contributed by atoms with van der Waals surface area (Å²) in [5.41, 5.74) is 7.68. The molecule has 0 saturated heterocycles. The van der Waals surface area contributed by atoms with Crippen LogP contribution in [0.3, 0.4) is 0 Å². The minimum atomic E-state index is 0.643. The van der Waals surface area contributed by atoms with Gasteiger partial charge < -0.3 is 4.42 Å². The lowest BCUT2D eigenvalue weighted by Gasteiger charge is -2.05. The summed E-state index contributed by atoms with van der Waals surface area (Å²) >= 11 is 1.70. The third kappa shape index (κ3) is 3.89. The molecule has 1 N–H and O–H groups in total. The molecular weight excluding hydrogens is 366 g/mol. The van der Waals surface area contributed by atoms with Crippen molar-refractivity contribution in [2.75, 3.05) is 5.43 Å².